The molecule has 0 aliphatic carbocycles. The van der Waals surface area contributed by atoms with Crippen LogP contribution < -0.4 is 0 Å². The summed E-state index contributed by atoms with van der Waals surface area (Å²) in [5, 5.41) is 7.85. The molecule has 1 aromatic heterocycles. The zero-order valence-corrected chi connectivity index (χ0v) is 7.37. The Kier molecular flexibility index (Phi) is 2.58. The van der Waals surface area contributed by atoms with Crippen LogP contribution in [0.2, 0.25) is 0 Å². The Morgan fingerprint density at radius 3 is 2.83 bits per heavy atom. The number of hydrogen-bond acceptors (Lipinski definition) is 3. The van der Waals surface area contributed by atoms with E-state index in [-0.39, 0.29) is 5.69 Å². The summed E-state index contributed by atoms with van der Waals surface area (Å²) >= 11 is 9.93. The molecular formula is C7H3ClN2OS. The smallest absolute Gasteiger partial charge is 0.268 e. The highest BCUT2D eigenvalue weighted by Gasteiger charge is 2.02. The number of nitrogens with one attached hydrogen (secondary N) is 1. The molecule has 0 fully saturated rings. The second kappa shape index (κ2) is 3.48. The van der Waals surface area contributed by atoms with E-state index in [1.807, 2.05) is 6.07 Å². The molecule has 0 radical (unpaired) electrons. The molecule has 1 aromatic rings. The summed E-state index contributed by atoms with van der Waals surface area (Å²) in [7, 11) is 0. The quantitative estimate of drug-likeness (QED) is 0.555. The largest absolute Gasteiger partial charge is 0.343 e. The maximum absolute atomic E-state index is 10.6. The van der Waals surface area contributed by atoms with E-state index in [9.17, 15) is 4.79 Å². The van der Waals surface area contributed by atoms with Crippen LogP contribution in [-0.4, -0.2) is 10.2 Å². The average molecular weight is 199 g/mol. The molecule has 1 heterocycles. The number of carbonyl (C=O) groups excluding carboxylic acids is 1. The van der Waals surface area contributed by atoms with Gasteiger partial charge in [-0.05, 0) is 23.7 Å². The third kappa shape index (κ3) is 1.91. The molecule has 0 aromatic carbocycles. The topological polar surface area (TPSA) is 56.6 Å². The summed E-state index contributed by atoms with van der Waals surface area (Å²) in [5.74, 6) is 0. The van der Waals surface area contributed by atoms with Gasteiger partial charge in [0.1, 0.15) is 10.3 Å². The van der Waals surface area contributed by atoms with Gasteiger partial charge < -0.3 is 4.98 Å². The predicted octanol–water partition coefficient (Wildman–Crippen LogP) is 1.99. The zero-order chi connectivity index (χ0) is 9.14. The number of carbonyl (C=O) groups is 1. The summed E-state index contributed by atoms with van der Waals surface area (Å²) in [4.78, 5) is 13.2. The molecule has 0 aliphatic heterocycles. The Hall–Kier alpha value is -1.18. The van der Waals surface area contributed by atoms with Crippen LogP contribution in [0.4, 0.5) is 0 Å². The van der Waals surface area contributed by atoms with Gasteiger partial charge in [0.05, 0.1) is 11.6 Å². The van der Waals surface area contributed by atoms with Crippen molar-refractivity contribution in [3.63, 3.8) is 0 Å². The fourth-order valence-corrected chi connectivity index (χ4v) is 1.05. The number of nitrogens with zero attached hydrogens (tertiary/aromatic N) is 1. The highest BCUT2D eigenvalue weighted by atomic mass is 35.5. The highest BCUT2D eigenvalue weighted by molar-refractivity contribution is 7.71. The molecule has 0 spiro atoms. The number of pyridine rings is 1. The number of H-pyrrole nitrogens is 1. The Balaban J connectivity index is 3.36. The molecule has 0 bridgehead atoms. The lowest BCUT2D eigenvalue weighted by Gasteiger charge is -1.94. The predicted molar refractivity (Wildman–Crippen MR) is 46.5 cm³/mol. The van der Waals surface area contributed by atoms with Crippen LogP contribution in [0.15, 0.2) is 12.1 Å². The number of nitriles is 1. The molecule has 1 rings (SSSR count). The number of rotatable bonds is 1. The first-order valence-electron chi connectivity index (χ1n) is 2.98. The molecule has 0 saturated heterocycles. The van der Waals surface area contributed by atoms with Crippen LogP contribution >= 0.6 is 23.8 Å². The summed E-state index contributed by atoms with van der Waals surface area (Å²) in [5.41, 5.74) is 0.462. The van der Waals surface area contributed by atoms with E-state index < -0.39 is 5.24 Å². The second-order valence-electron chi connectivity index (χ2n) is 2.03. The molecule has 1 N–H and O–H groups in total. The van der Waals surface area contributed by atoms with Crippen molar-refractivity contribution >= 4 is 29.1 Å². The normalized spacial score (nSPS) is 9.00. The van der Waals surface area contributed by atoms with Crippen molar-refractivity contribution in [3.05, 3.63) is 28.0 Å². The van der Waals surface area contributed by atoms with E-state index in [1.165, 1.54) is 12.1 Å². The van der Waals surface area contributed by atoms with Gasteiger partial charge in [-0.1, -0.05) is 12.2 Å². The van der Waals surface area contributed by atoms with E-state index >= 15 is 0 Å². The van der Waals surface area contributed by atoms with Crippen LogP contribution in [0.3, 0.4) is 0 Å². The van der Waals surface area contributed by atoms with E-state index in [4.69, 9.17) is 29.1 Å². The van der Waals surface area contributed by atoms with Crippen molar-refractivity contribution < 1.29 is 4.79 Å². The van der Waals surface area contributed by atoms with E-state index in [0.717, 1.165) is 0 Å². The lowest BCUT2D eigenvalue weighted by molar-refractivity contribution is 0.107. The van der Waals surface area contributed by atoms with Crippen molar-refractivity contribution in [2.45, 2.75) is 0 Å². The molecule has 60 valence electrons. The zero-order valence-electron chi connectivity index (χ0n) is 5.80. The molecule has 0 unspecified atom stereocenters. The molecule has 0 amide bonds. The van der Waals surface area contributed by atoms with Crippen LogP contribution in [0.1, 0.15) is 16.1 Å². The first-order chi connectivity index (χ1) is 5.63. The monoisotopic (exact) mass is 198 g/mol. The molecule has 0 atom stereocenters. The number of aromatic nitrogens is 1. The van der Waals surface area contributed by atoms with Gasteiger partial charge in [0.25, 0.3) is 5.24 Å². The van der Waals surface area contributed by atoms with Gasteiger partial charge in [-0.2, -0.15) is 5.26 Å². The van der Waals surface area contributed by atoms with Gasteiger partial charge in [0, 0.05) is 0 Å². The molecule has 0 aliphatic rings. The SMILES string of the molecule is N#Cc1cc(C(=O)Cl)[nH]c(=S)c1. The summed E-state index contributed by atoms with van der Waals surface area (Å²) in [6.45, 7) is 0. The Morgan fingerprint density at radius 2 is 2.33 bits per heavy atom. The van der Waals surface area contributed by atoms with E-state index in [2.05, 4.69) is 4.98 Å². The lowest BCUT2D eigenvalue weighted by atomic mass is 10.2. The van der Waals surface area contributed by atoms with Crippen molar-refractivity contribution in [1.29, 1.82) is 5.26 Å². The maximum atomic E-state index is 10.6. The first kappa shape index (κ1) is 8.91. The maximum Gasteiger partial charge on any atom is 0.268 e. The fourth-order valence-electron chi connectivity index (χ4n) is 0.714. The minimum atomic E-state index is -0.654. The summed E-state index contributed by atoms with van der Waals surface area (Å²) < 4.78 is 0.318. The van der Waals surface area contributed by atoms with Crippen LogP contribution in [-0.2, 0) is 0 Å². The standard InChI is InChI=1S/C7H3ClN2OS/c8-7(11)5-1-4(3-9)2-6(12)10-5/h1-2H,(H,10,12). The lowest BCUT2D eigenvalue weighted by Crippen LogP contribution is -1.94. The van der Waals surface area contributed by atoms with Crippen molar-refractivity contribution in [1.82, 2.24) is 4.98 Å². The fraction of sp³-hybridized carbons (Fsp3) is 0. The Morgan fingerprint density at radius 1 is 1.67 bits per heavy atom. The van der Waals surface area contributed by atoms with E-state index in [0.29, 0.717) is 10.2 Å². The van der Waals surface area contributed by atoms with Gasteiger partial charge in [-0.15, -0.1) is 0 Å². The minimum absolute atomic E-state index is 0.140. The van der Waals surface area contributed by atoms with Gasteiger partial charge in [0.2, 0.25) is 0 Å². The Bertz CT molecular complexity index is 418. The summed E-state index contributed by atoms with van der Waals surface area (Å²) in [6.07, 6.45) is 0. The molecule has 3 nitrogen and oxygen atoms in total. The van der Waals surface area contributed by atoms with Crippen molar-refractivity contribution in [2.24, 2.45) is 0 Å². The van der Waals surface area contributed by atoms with Crippen LogP contribution in [0.5, 0.6) is 0 Å². The second-order valence-corrected chi connectivity index (χ2v) is 2.82. The highest BCUT2D eigenvalue weighted by Crippen LogP contribution is 2.04. The molecule has 12 heavy (non-hydrogen) atoms. The van der Waals surface area contributed by atoms with Gasteiger partial charge in [-0.3, -0.25) is 4.79 Å². The first-order valence-corrected chi connectivity index (χ1v) is 3.76. The number of hydrogen-bond donors (Lipinski definition) is 1. The van der Waals surface area contributed by atoms with Gasteiger partial charge in [0.15, 0.2) is 0 Å². The number of halogens is 1. The van der Waals surface area contributed by atoms with Gasteiger partial charge in [-0.25, -0.2) is 0 Å². The minimum Gasteiger partial charge on any atom is -0.343 e. The third-order valence-corrected chi connectivity index (χ3v) is 1.61. The molecule has 0 saturated carbocycles. The summed E-state index contributed by atoms with van der Waals surface area (Å²) in [6, 6.07) is 4.67. The van der Waals surface area contributed by atoms with Gasteiger partial charge >= 0.3 is 0 Å². The number of aromatic amines is 1. The Labute approximate surface area is 78.6 Å². The average Bonchev–Trinajstić information content (AvgIpc) is 2.03. The van der Waals surface area contributed by atoms with Crippen molar-refractivity contribution in [2.75, 3.05) is 0 Å². The molecular weight excluding hydrogens is 196 g/mol. The molecule has 5 heteroatoms. The van der Waals surface area contributed by atoms with Crippen LogP contribution in [0, 0.1) is 16.0 Å². The van der Waals surface area contributed by atoms with E-state index in [1.54, 1.807) is 0 Å². The van der Waals surface area contributed by atoms with Crippen molar-refractivity contribution in [3.8, 4) is 6.07 Å². The third-order valence-electron chi connectivity index (χ3n) is 1.19. The van der Waals surface area contributed by atoms with Crippen LogP contribution in [0.25, 0.3) is 0 Å².